The van der Waals surface area contributed by atoms with E-state index in [9.17, 15) is 9.59 Å². The van der Waals surface area contributed by atoms with Crippen LogP contribution in [0.2, 0.25) is 0 Å². The summed E-state index contributed by atoms with van der Waals surface area (Å²) in [4.78, 5) is 41.9. The van der Waals surface area contributed by atoms with Gasteiger partial charge in [-0.3, -0.25) is 9.59 Å². The second kappa shape index (κ2) is 10.8. The minimum atomic E-state index is -0.878. The van der Waals surface area contributed by atoms with Gasteiger partial charge in [0.2, 0.25) is 18.0 Å². The molecule has 0 N–H and O–H groups in total. The van der Waals surface area contributed by atoms with Crippen LogP contribution in [0, 0.1) is 23.7 Å². The molecule has 1 aliphatic carbocycles. The van der Waals surface area contributed by atoms with Gasteiger partial charge < -0.3 is 28.7 Å². The minimum absolute atomic E-state index is 0.0163. The largest absolute Gasteiger partial charge is 0.497 e. The fourth-order valence-electron chi connectivity index (χ4n) is 7.57. The molecule has 1 amide bonds. The highest BCUT2D eigenvalue weighted by Crippen LogP contribution is 2.60. The highest BCUT2D eigenvalue weighted by atomic mass is 17.3. The fourth-order valence-corrected chi connectivity index (χ4v) is 7.57. The van der Waals surface area contributed by atoms with Gasteiger partial charge in [0.1, 0.15) is 5.75 Å². The molecule has 0 radical (unpaired) electrons. The smallest absolute Gasteiger partial charge is 0.308 e. The first-order chi connectivity index (χ1) is 19.2. The van der Waals surface area contributed by atoms with Crippen molar-refractivity contribution in [2.75, 3.05) is 38.2 Å². The summed E-state index contributed by atoms with van der Waals surface area (Å²) < 4.78 is 23.8. The Morgan fingerprint density at radius 2 is 1.73 bits per heavy atom. The Labute approximate surface area is 236 Å². The third kappa shape index (κ3) is 4.86. The number of rotatable bonds is 6. The van der Waals surface area contributed by atoms with Crippen molar-refractivity contribution >= 4 is 17.6 Å². The summed E-state index contributed by atoms with van der Waals surface area (Å²) in [7, 11) is 1.65. The average Bonchev–Trinajstić information content (AvgIpc) is 3.20. The third-order valence-electron chi connectivity index (χ3n) is 9.96. The van der Waals surface area contributed by atoms with E-state index in [2.05, 4.69) is 18.7 Å². The standard InChI is InChI=1S/C30H42N2O8/c1-19-5-10-24-20(2)27(37-28-30(24)23(19)13-14-29(3,38-28)39-40-30)36-26(34)12-11-25(33)32-17-15-31(16-18-32)21-6-8-22(35-4)9-7-21/h6-9,19-20,23-24,27-28H,5,10-18H2,1-4H3/t19-,20-,23-,24-,27-,28-,29-,30-/m1/s1. The number of hydrogen-bond acceptors (Lipinski definition) is 9. The molecule has 6 fully saturated rings. The van der Waals surface area contributed by atoms with Gasteiger partial charge in [-0.15, -0.1) is 0 Å². The van der Waals surface area contributed by atoms with Crippen molar-refractivity contribution in [1.82, 2.24) is 4.90 Å². The molecule has 1 aromatic rings. The molecule has 1 saturated carbocycles. The summed E-state index contributed by atoms with van der Waals surface area (Å²) in [5.41, 5.74) is 0.412. The van der Waals surface area contributed by atoms with Gasteiger partial charge in [0.05, 0.1) is 13.5 Å². The number of piperazine rings is 1. The lowest BCUT2D eigenvalue weighted by Crippen LogP contribution is -2.70. The van der Waals surface area contributed by atoms with Crippen molar-refractivity contribution in [3.05, 3.63) is 24.3 Å². The van der Waals surface area contributed by atoms with Crippen LogP contribution in [-0.2, 0) is 33.6 Å². The van der Waals surface area contributed by atoms with Crippen LogP contribution in [0.4, 0.5) is 5.69 Å². The Kier molecular flexibility index (Phi) is 7.48. The molecule has 5 aliphatic heterocycles. The van der Waals surface area contributed by atoms with E-state index in [1.807, 2.05) is 36.1 Å². The Morgan fingerprint density at radius 1 is 0.975 bits per heavy atom. The predicted octanol–water partition coefficient (Wildman–Crippen LogP) is 3.88. The number of methoxy groups -OCH3 is 1. The molecule has 6 aliphatic rings. The van der Waals surface area contributed by atoms with E-state index in [0.29, 0.717) is 19.0 Å². The maximum absolute atomic E-state index is 12.9. The number of benzene rings is 1. The molecule has 7 rings (SSSR count). The first kappa shape index (κ1) is 27.8. The Balaban J connectivity index is 1.02. The van der Waals surface area contributed by atoms with Crippen LogP contribution >= 0.6 is 0 Å². The molecule has 0 aromatic heterocycles. The molecule has 0 unspecified atom stereocenters. The van der Waals surface area contributed by atoms with Crippen LogP contribution in [0.5, 0.6) is 5.75 Å². The van der Waals surface area contributed by atoms with Crippen LogP contribution in [0.25, 0.3) is 0 Å². The van der Waals surface area contributed by atoms with Gasteiger partial charge in [0.25, 0.3) is 0 Å². The lowest BCUT2D eigenvalue weighted by Gasteiger charge is -2.59. The minimum Gasteiger partial charge on any atom is -0.497 e. The monoisotopic (exact) mass is 558 g/mol. The topological polar surface area (TPSA) is 96.0 Å². The predicted molar refractivity (Wildman–Crippen MR) is 144 cm³/mol. The van der Waals surface area contributed by atoms with Crippen LogP contribution in [0.15, 0.2) is 24.3 Å². The van der Waals surface area contributed by atoms with Gasteiger partial charge in [0, 0.05) is 56.5 Å². The number of carbonyl (C=O) groups is 2. The molecule has 10 heteroatoms. The third-order valence-corrected chi connectivity index (χ3v) is 9.96. The first-order valence-corrected chi connectivity index (χ1v) is 14.8. The quantitative estimate of drug-likeness (QED) is 0.381. The molecule has 8 atom stereocenters. The zero-order valence-corrected chi connectivity index (χ0v) is 24.0. The molecule has 5 saturated heterocycles. The van der Waals surface area contributed by atoms with Crippen molar-refractivity contribution in [2.45, 2.75) is 83.3 Å². The molecular weight excluding hydrogens is 516 g/mol. The number of ether oxygens (including phenoxy) is 4. The number of carbonyl (C=O) groups excluding carboxylic acids is 2. The van der Waals surface area contributed by atoms with E-state index >= 15 is 0 Å². The molecule has 1 spiro atoms. The van der Waals surface area contributed by atoms with Gasteiger partial charge in [0.15, 0.2) is 11.9 Å². The zero-order chi connectivity index (χ0) is 28.1. The van der Waals surface area contributed by atoms with E-state index in [1.54, 1.807) is 7.11 Å². The zero-order valence-electron chi connectivity index (χ0n) is 24.0. The fraction of sp³-hybridized carbons (Fsp3) is 0.733. The number of anilines is 1. The molecule has 2 bridgehead atoms. The second-order valence-corrected chi connectivity index (χ2v) is 12.3. The van der Waals surface area contributed by atoms with Crippen molar-refractivity contribution in [2.24, 2.45) is 23.7 Å². The van der Waals surface area contributed by atoms with Crippen molar-refractivity contribution in [1.29, 1.82) is 0 Å². The lowest BCUT2D eigenvalue weighted by molar-refractivity contribution is -0.576. The van der Waals surface area contributed by atoms with Crippen molar-refractivity contribution in [3.63, 3.8) is 0 Å². The van der Waals surface area contributed by atoms with Gasteiger partial charge >= 0.3 is 5.97 Å². The number of amides is 1. The second-order valence-electron chi connectivity index (χ2n) is 12.3. The SMILES string of the molecule is COc1ccc(N2CCN(C(=O)CCC(=O)O[C@@H]3O[C@@H]4O[C@@]5(C)CC[C@@H]6[C@H](C)CC[C@H]([C@H]3C)[C@@]46OO5)CC2)cc1. The van der Waals surface area contributed by atoms with E-state index in [0.717, 1.165) is 50.2 Å². The van der Waals surface area contributed by atoms with E-state index in [4.69, 9.17) is 28.7 Å². The van der Waals surface area contributed by atoms with Crippen molar-refractivity contribution in [3.8, 4) is 5.75 Å². The maximum atomic E-state index is 12.9. The number of fused-ring (bicyclic) bond motifs is 2. The molecule has 10 nitrogen and oxygen atoms in total. The maximum Gasteiger partial charge on any atom is 0.308 e. The Morgan fingerprint density at radius 3 is 2.45 bits per heavy atom. The highest BCUT2D eigenvalue weighted by molar-refractivity contribution is 5.81. The summed E-state index contributed by atoms with van der Waals surface area (Å²) >= 11 is 0. The van der Waals surface area contributed by atoms with Crippen LogP contribution < -0.4 is 9.64 Å². The number of esters is 1. The highest BCUT2D eigenvalue weighted by Gasteiger charge is 2.69. The summed E-state index contributed by atoms with van der Waals surface area (Å²) in [6.07, 6.45) is 2.40. The first-order valence-electron chi connectivity index (χ1n) is 14.8. The average molecular weight is 559 g/mol. The molecule has 1 aromatic carbocycles. The van der Waals surface area contributed by atoms with E-state index < -0.39 is 29.9 Å². The van der Waals surface area contributed by atoms with Gasteiger partial charge in [-0.25, -0.2) is 9.78 Å². The van der Waals surface area contributed by atoms with Crippen LogP contribution in [-0.4, -0.2) is 74.0 Å². The van der Waals surface area contributed by atoms with E-state index in [-0.39, 0.29) is 36.5 Å². The summed E-state index contributed by atoms with van der Waals surface area (Å²) in [5.74, 6) is 0.183. The lowest BCUT2D eigenvalue weighted by atomic mass is 9.58. The molecule has 5 heterocycles. The molecular formula is C30H42N2O8. The van der Waals surface area contributed by atoms with Crippen LogP contribution in [0.3, 0.4) is 0 Å². The van der Waals surface area contributed by atoms with E-state index in [1.165, 1.54) is 0 Å². The number of nitrogens with zero attached hydrogens (tertiary/aromatic N) is 2. The van der Waals surface area contributed by atoms with Crippen LogP contribution in [0.1, 0.15) is 59.3 Å². The normalized spacial score (nSPS) is 38.8. The Hall–Kier alpha value is -2.40. The summed E-state index contributed by atoms with van der Waals surface area (Å²) in [5, 5.41) is 0. The van der Waals surface area contributed by atoms with Gasteiger partial charge in [-0.05, 0) is 62.3 Å². The summed E-state index contributed by atoms with van der Waals surface area (Å²) in [6.45, 7) is 8.91. The van der Waals surface area contributed by atoms with Gasteiger partial charge in [-0.2, -0.15) is 0 Å². The number of hydrogen-bond donors (Lipinski definition) is 0. The molecule has 220 valence electrons. The Bertz CT molecular complexity index is 1090. The summed E-state index contributed by atoms with van der Waals surface area (Å²) in [6, 6.07) is 7.94. The molecule has 40 heavy (non-hydrogen) atoms. The van der Waals surface area contributed by atoms with Crippen molar-refractivity contribution < 1.29 is 38.3 Å². The van der Waals surface area contributed by atoms with Gasteiger partial charge in [-0.1, -0.05) is 13.8 Å².